The van der Waals surface area contributed by atoms with Crippen LogP contribution >= 0.6 is 22.9 Å². The topological polar surface area (TPSA) is 24.9 Å². The number of hydrogen-bond acceptors (Lipinski definition) is 3. The van der Waals surface area contributed by atoms with E-state index in [1.807, 2.05) is 12.3 Å². The van der Waals surface area contributed by atoms with Crippen molar-refractivity contribution in [2.24, 2.45) is 0 Å². The van der Waals surface area contributed by atoms with Gasteiger partial charge in [-0.05, 0) is 25.1 Å². The third-order valence-electron chi connectivity index (χ3n) is 1.97. The third-order valence-corrected chi connectivity index (χ3v) is 3.16. The summed E-state index contributed by atoms with van der Waals surface area (Å²) in [5.74, 6) is -0.342. The van der Waals surface area contributed by atoms with Crippen molar-refractivity contribution in [3.63, 3.8) is 0 Å². The molecule has 0 spiro atoms. The molecule has 0 bridgehead atoms. The van der Waals surface area contributed by atoms with Gasteiger partial charge in [0.1, 0.15) is 10.8 Å². The van der Waals surface area contributed by atoms with Gasteiger partial charge in [0.15, 0.2) is 0 Å². The van der Waals surface area contributed by atoms with Gasteiger partial charge in [-0.25, -0.2) is 9.37 Å². The van der Waals surface area contributed by atoms with Crippen molar-refractivity contribution in [3.05, 3.63) is 45.1 Å². The van der Waals surface area contributed by atoms with Crippen molar-refractivity contribution in [1.29, 1.82) is 0 Å². The van der Waals surface area contributed by atoms with E-state index < -0.39 is 0 Å². The van der Waals surface area contributed by atoms with Crippen LogP contribution in [0.1, 0.15) is 10.7 Å². The quantitative estimate of drug-likeness (QED) is 0.902. The van der Waals surface area contributed by atoms with Gasteiger partial charge in [0.2, 0.25) is 0 Å². The number of rotatable bonds is 3. The Labute approximate surface area is 102 Å². The van der Waals surface area contributed by atoms with Crippen LogP contribution in [0.4, 0.5) is 10.1 Å². The number of anilines is 1. The SMILES string of the molecule is Cc1csc(CNc2cc(F)cc(Cl)c2)n1. The Hall–Kier alpha value is -1.13. The lowest BCUT2D eigenvalue weighted by atomic mass is 10.3. The first kappa shape index (κ1) is 11.4. The second kappa shape index (κ2) is 4.80. The molecule has 16 heavy (non-hydrogen) atoms. The third kappa shape index (κ3) is 2.93. The Bertz CT molecular complexity index is 478. The molecule has 0 atom stereocenters. The highest BCUT2D eigenvalue weighted by Gasteiger charge is 2.01. The highest BCUT2D eigenvalue weighted by Crippen LogP contribution is 2.19. The number of thiazole rings is 1. The minimum atomic E-state index is -0.342. The zero-order valence-corrected chi connectivity index (χ0v) is 10.2. The van der Waals surface area contributed by atoms with Gasteiger partial charge in [-0.3, -0.25) is 0 Å². The lowest BCUT2D eigenvalue weighted by molar-refractivity contribution is 0.628. The minimum absolute atomic E-state index is 0.342. The molecule has 1 aromatic heterocycles. The smallest absolute Gasteiger partial charge is 0.126 e. The Morgan fingerprint density at radius 1 is 1.44 bits per heavy atom. The molecule has 2 nitrogen and oxygen atoms in total. The van der Waals surface area contributed by atoms with Gasteiger partial charge in [-0.1, -0.05) is 11.6 Å². The first-order valence-corrected chi connectivity index (χ1v) is 6.00. The molecule has 0 aliphatic carbocycles. The highest BCUT2D eigenvalue weighted by molar-refractivity contribution is 7.09. The van der Waals surface area contributed by atoms with Crippen molar-refractivity contribution in [2.45, 2.75) is 13.5 Å². The predicted molar refractivity (Wildman–Crippen MR) is 65.6 cm³/mol. The van der Waals surface area contributed by atoms with E-state index in [9.17, 15) is 4.39 Å². The summed E-state index contributed by atoms with van der Waals surface area (Å²) in [4.78, 5) is 4.30. The van der Waals surface area contributed by atoms with Crippen LogP contribution < -0.4 is 5.32 Å². The van der Waals surface area contributed by atoms with E-state index >= 15 is 0 Å². The fourth-order valence-corrected chi connectivity index (χ4v) is 2.25. The summed E-state index contributed by atoms with van der Waals surface area (Å²) in [7, 11) is 0. The maximum atomic E-state index is 13.0. The standard InChI is InChI=1S/C11H10ClFN2S/c1-7-6-16-11(15-7)5-14-10-3-8(12)2-9(13)4-10/h2-4,6,14H,5H2,1H3. The predicted octanol–water partition coefficient (Wildman–Crippen LogP) is 3.86. The lowest BCUT2D eigenvalue weighted by Gasteiger charge is -2.04. The molecule has 1 N–H and O–H groups in total. The van der Waals surface area contributed by atoms with Crippen LogP contribution in [-0.4, -0.2) is 4.98 Å². The summed E-state index contributed by atoms with van der Waals surface area (Å²) in [6.45, 7) is 2.53. The fourth-order valence-electron chi connectivity index (χ4n) is 1.32. The van der Waals surface area contributed by atoms with Gasteiger partial charge in [-0.15, -0.1) is 11.3 Å². The van der Waals surface area contributed by atoms with Crippen LogP contribution in [0.25, 0.3) is 0 Å². The molecular formula is C11H10ClFN2S. The molecule has 0 saturated carbocycles. The van der Waals surface area contributed by atoms with Gasteiger partial charge >= 0.3 is 0 Å². The van der Waals surface area contributed by atoms with Crippen LogP contribution in [0.2, 0.25) is 5.02 Å². The zero-order chi connectivity index (χ0) is 11.5. The Morgan fingerprint density at radius 3 is 2.88 bits per heavy atom. The van der Waals surface area contributed by atoms with Gasteiger partial charge in [0.25, 0.3) is 0 Å². The normalized spacial score (nSPS) is 10.4. The first-order valence-electron chi connectivity index (χ1n) is 4.74. The first-order chi connectivity index (χ1) is 7.63. The van der Waals surface area contributed by atoms with Crippen LogP contribution in [0, 0.1) is 12.7 Å². The summed E-state index contributed by atoms with van der Waals surface area (Å²) < 4.78 is 13.0. The molecule has 1 heterocycles. The number of aryl methyl sites for hydroxylation is 1. The molecule has 0 saturated heterocycles. The molecule has 2 rings (SSSR count). The van der Waals surface area contributed by atoms with Crippen molar-refractivity contribution < 1.29 is 4.39 Å². The van der Waals surface area contributed by atoms with Gasteiger partial charge < -0.3 is 5.32 Å². The Morgan fingerprint density at radius 2 is 2.25 bits per heavy atom. The molecule has 2 aromatic rings. The molecule has 0 aliphatic rings. The van der Waals surface area contributed by atoms with Crippen molar-refractivity contribution in [1.82, 2.24) is 4.98 Å². The van der Waals surface area contributed by atoms with Crippen LogP contribution in [0.5, 0.6) is 0 Å². The van der Waals surface area contributed by atoms with Crippen molar-refractivity contribution in [3.8, 4) is 0 Å². The van der Waals surface area contributed by atoms with Gasteiger partial charge in [0.05, 0.1) is 6.54 Å². The molecule has 5 heteroatoms. The summed E-state index contributed by atoms with van der Waals surface area (Å²) in [6, 6.07) is 4.37. The van der Waals surface area contributed by atoms with Crippen molar-refractivity contribution >= 4 is 28.6 Å². The van der Waals surface area contributed by atoms with E-state index in [2.05, 4.69) is 10.3 Å². The molecule has 84 valence electrons. The number of halogens is 2. The number of nitrogens with zero attached hydrogens (tertiary/aromatic N) is 1. The lowest BCUT2D eigenvalue weighted by Crippen LogP contribution is -1.99. The fraction of sp³-hybridized carbons (Fsp3) is 0.182. The number of benzene rings is 1. The molecule has 0 amide bonds. The summed E-state index contributed by atoms with van der Waals surface area (Å²) in [6.07, 6.45) is 0. The number of aromatic nitrogens is 1. The second-order valence-corrected chi connectivity index (χ2v) is 4.77. The maximum Gasteiger partial charge on any atom is 0.126 e. The summed E-state index contributed by atoms with van der Waals surface area (Å²) in [5.41, 5.74) is 1.66. The van der Waals surface area contributed by atoms with Crippen LogP contribution in [-0.2, 0) is 6.54 Å². The summed E-state index contributed by atoms with van der Waals surface area (Å²) >= 11 is 7.32. The van der Waals surface area contributed by atoms with Crippen LogP contribution in [0.15, 0.2) is 23.6 Å². The van der Waals surface area contributed by atoms with E-state index in [-0.39, 0.29) is 5.82 Å². The molecule has 0 aliphatic heterocycles. The van der Waals surface area contributed by atoms with E-state index in [1.54, 1.807) is 17.4 Å². The highest BCUT2D eigenvalue weighted by atomic mass is 35.5. The molecule has 0 unspecified atom stereocenters. The Kier molecular flexibility index (Phi) is 3.41. The van der Waals surface area contributed by atoms with E-state index in [0.717, 1.165) is 10.7 Å². The summed E-state index contributed by atoms with van der Waals surface area (Å²) in [5, 5.41) is 6.42. The van der Waals surface area contributed by atoms with E-state index in [1.165, 1.54) is 12.1 Å². The van der Waals surface area contributed by atoms with Crippen molar-refractivity contribution in [2.75, 3.05) is 5.32 Å². The van der Waals surface area contributed by atoms with Crippen LogP contribution in [0.3, 0.4) is 0 Å². The second-order valence-electron chi connectivity index (χ2n) is 3.39. The zero-order valence-electron chi connectivity index (χ0n) is 8.63. The van der Waals surface area contributed by atoms with E-state index in [4.69, 9.17) is 11.6 Å². The number of hydrogen-bond donors (Lipinski definition) is 1. The average Bonchev–Trinajstić information content (AvgIpc) is 2.60. The molecular weight excluding hydrogens is 247 g/mol. The van der Waals surface area contributed by atoms with Gasteiger partial charge in [-0.2, -0.15) is 0 Å². The van der Waals surface area contributed by atoms with E-state index in [0.29, 0.717) is 17.3 Å². The van der Waals surface area contributed by atoms with Gasteiger partial charge in [0, 0.05) is 21.8 Å². The average molecular weight is 257 g/mol. The Balaban J connectivity index is 2.04. The minimum Gasteiger partial charge on any atom is -0.378 e. The molecule has 1 aromatic carbocycles. The maximum absolute atomic E-state index is 13.0. The number of nitrogens with one attached hydrogen (secondary N) is 1. The largest absolute Gasteiger partial charge is 0.378 e. The molecule has 0 radical (unpaired) electrons. The monoisotopic (exact) mass is 256 g/mol. The molecule has 0 fully saturated rings.